The molecule has 2 aliphatic heterocycles. The maximum absolute atomic E-state index is 12.8. The molecule has 1 atom stereocenters. The smallest absolute Gasteiger partial charge is 0.249 e. The van der Waals surface area contributed by atoms with Gasteiger partial charge in [0, 0.05) is 38.6 Å². The molecule has 24 heavy (non-hydrogen) atoms. The molecule has 11 heteroatoms. The summed E-state index contributed by atoms with van der Waals surface area (Å²) >= 11 is 1.01. The van der Waals surface area contributed by atoms with Crippen molar-refractivity contribution in [1.29, 1.82) is 0 Å². The Morgan fingerprint density at radius 2 is 2.21 bits per heavy atom. The van der Waals surface area contributed by atoms with Gasteiger partial charge in [-0.25, -0.2) is 22.0 Å². The zero-order chi connectivity index (χ0) is 18.0. The molecule has 0 aromatic carbocycles. The molecule has 0 unspecified atom stereocenters. The van der Waals surface area contributed by atoms with Crippen LogP contribution < -0.4 is 10.5 Å². The number of sulfonamides is 2. The number of hydrogen-bond acceptors (Lipinski definition) is 7. The average Bonchev–Trinajstić information content (AvgIpc) is 2.50. The van der Waals surface area contributed by atoms with E-state index in [0.717, 1.165) is 11.8 Å². The van der Waals surface area contributed by atoms with Crippen LogP contribution in [0.2, 0.25) is 0 Å². The first kappa shape index (κ1) is 19.9. The van der Waals surface area contributed by atoms with Gasteiger partial charge in [0.1, 0.15) is 4.24 Å². The number of nitrogens with one attached hydrogen (secondary N) is 1. The third-order valence-corrected chi connectivity index (χ3v) is 8.64. The second-order valence-corrected chi connectivity index (χ2v) is 10.2. The van der Waals surface area contributed by atoms with Crippen LogP contribution in [0.3, 0.4) is 0 Å². The molecule has 0 aromatic rings. The maximum Gasteiger partial charge on any atom is 0.249 e. The quantitative estimate of drug-likeness (QED) is 0.570. The number of hydrogen-bond donors (Lipinski definition) is 2. The minimum Gasteiger partial charge on any atom is -0.385 e. The Morgan fingerprint density at radius 3 is 2.79 bits per heavy atom. The second kappa shape index (κ2) is 7.85. The molecule has 0 saturated carbocycles. The van der Waals surface area contributed by atoms with E-state index in [1.807, 2.05) is 6.92 Å². The lowest BCUT2D eigenvalue weighted by molar-refractivity contribution is 0.186. The van der Waals surface area contributed by atoms with Crippen molar-refractivity contribution in [3.05, 3.63) is 20.8 Å². The Kier molecular flexibility index (Phi) is 6.51. The van der Waals surface area contributed by atoms with Crippen molar-refractivity contribution in [2.45, 2.75) is 19.4 Å². The number of primary sulfonamides is 1. The molecule has 8 nitrogen and oxygen atoms in total. The van der Waals surface area contributed by atoms with E-state index in [0.29, 0.717) is 31.7 Å². The summed E-state index contributed by atoms with van der Waals surface area (Å²) in [6.45, 7) is 3.65. The first-order valence-corrected chi connectivity index (χ1v) is 11.5. The lowest BCUT2D eigenvalue weighted by Gasteiger charge is -2.36. The van der Waals surface area contributed by atoms with Crippen LogP contribution in [0.4, 0.5) is 0 Å². The molecule has 0 saturated heterocycles. The lowest BCUT2D eigenvalue weighted by atomic mass is 10.1. The minimum absolute atomic E-state index is 0.0294. The van der Waals surface area contributed by atoms with Crippen LogP contribution >= 0.6 is 11.8 Å². The first-order chi connectivity index (χ1) is 11.2. The van der Waals surface area contributed by atoms with Gasteiger partial charge in [-0.1, -0.05) is 6.92 Å². The third-order valence-electron chi connectivity index (χ3n) is 3.81. The van der Waals surface area contributed by atoms with E-state index in [4.69, 9.17) is 9.88 Å². The van der Waals surface area contributed by atoms with E-state index in [9.17, 15) is 16.8 Å². The van der Waals surface area contributed by atoms with Gasteiger partial charge in [-0.05, 0) is 24.6 Å². The van der Waals surface area contributed by atoms with Crippen LogP contribution in [-0.2, 0) is 24.8 Å². The van der Waals surface area contributed by atoms with E-state index in [1.165, 1.54) is 10.4 Å². The average molecular weight is 398 g/mol. The predicted octanol–water partition coefficient (Wildman–Crippen LogP) is -0.223. The van der Waals surface area contributed by atoms with Crippen molar-refractivity contribution in [1.82, 2.24) is 9.62 Å². The highest BCUT2D eigenvalue weighted by atomic mass is 32.3. The Morgan fingerprint density at radius 1 is 1.50 bits per heavy atom. The van der Waals surface area contributed by atoms with E-state index in [1.54, 1.807) is 7.11 Å². The van der Waals surface area contributed by atoms with Gasteiger partial charge in [-0.3, -0.25) is 0 Å². The van der Waals surface area contributed by atoms with Crippen LogP contribution in [0.15, 0.2) is 20.8 Å². The summed E-state index contributed by atoms with van der Waals surface area (Å²) in [6, 6.07) is -0.263. The third kappa shape index (κ3) is 4.21. The number of methoxy groups -OCH3 is 1. The molecule has 0 aromatic heterocycles. The predicted molar refractivity (Wildman–Crippen MR) is 95.1 cm³/mol. The van der Waals surface area contributed by atoms with Gasteiger partial charge in [-0.2, -0.15) is 4.31 Å². The van der Waals surface area contributed by atoms with Crippen LogP contribution in [0.5, 0.6) is 0 Å². The van der Waals surface area contributed by atoms with E-state index in [2.05, 4.69) is 5.32 Å². The molecule has 138 valence electrons. The first-order valence-electron chi connectivity index (χ1n) is 7.54. The van der Waals surface area contributed by atoms with E-state index in [-0.39, 0.29) is 27.5 Å². The van der Waals surface area contributed by atoms with Crippen molar-refractivity contribution in [2.24, 2.45) is 5.14 Å². The van der Waals surface area contributed by atoms with Crippen molar-refractivity contribution >= 4 is 31.8 Å². The summed E-state index contributed by atoms with van der Waals surface area (Å²) in [4.78, 5) is 0.0530. The minimum atomic E-state index is -3.83. The van der Waals surface area contributed by atoms with Gasteiger partial charge in [0.25, 0.3) is 0 Å². The number of rotatable bonds is 7. The lowest BCUT2D eigenvalue weighted by Crippen LogP contribution is -2.50. The van der Waals surface area contributed by atoms with Crippen molar-refractivity contribution < 1.29 is 21.6 Å². The van der Waals surface area contributed by atoms with Crippen molar-refractivity contribution in [2.75, 3.05) is 39.1 Å². The summed E-state index contributed by atoms with van der Waals surface area (Å²) in [6.07, 6.45) is 2.01. The molecule has 0 radical (unpaired) electrons. The molecular formula is C13H23N3O5S3. The fraction of sp³-hybridized carbons (Fsp3) is 0.692. The molecule has 0 bridgehead atoms. The Labute approximate surface area is 147 Å². The largest absolute Gasteiger partial charge is 0.385 e. The molecule has 0 fully saturated rings. The summed E-state index contributed by atoms with van der Waals surface area (Å²) in [5, 5.41) is 8.43. The normalized spacial score (nSPS) is 24.6. The summed E-state index contributed by atoms with van der Waals surface area (Å²) in [5.41, 5.74) is 0.486. The van der Waals surface area contributed by atoms with E-state index >= 15 is 0 Å². The molecule has 2 aliphatic rings. The topological polar surface area (TPSA) is 119 Å². The van der Waals surface area contributed by atoms with E-state index < -0.39 is 20.0 Å². The summed E-state index contributed by atoms with van der Waals surface area (Å²) in [5.74, 6) is 0.0294. The number of likely N-dealkylation sites (N-methyl/N-ethyl adjacent to an activating group) is 1. The number of nitrogens with zero attached hydrogens (tertiary/aromatic N) is 1. The van der Waals surface area contributed by atoms with Gasteiger partial charge in [0.05, 0.1) is 4.91 Å². The number of nitrogens with two attached hydrogens (primary N) is 1. The Balaban J connectivity index is 2.42. The number of thioether (sulfide) groups is 1. The van der Waals surface area contributed by atoms with Gasteiger partial charge in [0.15, 0.2) is 0 Å². The zero-order valence-corrected chi connectivity index (χ0v) is 16.1. The highest BCUT2D eigenvalue weighted by molar-refractivity contribution is 8.18. The van der Waals surface area contributed by atoms with Gasteiger partial charge in [0.2, 0.25) is 20.0 Å². The molecule has 0 spiro atoms. The maximum atomic E-state index is 12.8. The number of ether oxygens (including phenoxy) is 1. The van der Waals surface area contributed by atoms with Crippen LogP contribution in [0.25, 0.3) is 0 Å². The fourth-order valence-corrected chi connectivity index (χ4v) is 7.05. The molecule has 3 N–H and O–H groups in total. The molecule has 0 amide bonds. The monoisotopic (exact) mass is 397 g/mol. The van der Waals surface area contributed by atoms with Crippen LogP contribution in [0.1, 0.15) is 13.3 Å². The van der Waals surface area contributed by atoms with Crippen molar-refractivity contribution in [3.63, 3.8) is 0 Å². The molecule has 2 heterocycles. The summed E-state index contributed by atoms with van der Waals surface area (Å²) in [7, 11) is -5.88. The molecule has 2 rings (SSSR count). The summed E-state index contributed by atoms with van der Waals surface area (Å²) < 4.78 is 55.5. The van der Waals surface area contributed by atoms with Crippen LogP contribution in [0, 0.1) is 0 Å². The Hall–Kier alpha value is -0.430. The highest BCUT2D eigenvalue weighted by Gasteiger charge is 2.40. The standard InChI is InChI=1S/C13H23N3O5S3/c1-3-15-12-8-16(5-4-6-21-2)24(19,20)13-11(12)7-10(9-22-13)23(14,17)18/h7,12,15H,3-6,8-9H2,1-2H3,(H2,14,17,18)/t12-/m0/s1. The van der Waals surface area contributed by atoms with Gasteiger partial charge >= 0.3 is 0 Å². The van der Waals surface area contributed by atoms with Gasteiger partial charge < -0.3 is 10.1 Å². The fourth-order valence-electron chi connectivity index (χ4n) is 2.66. The Bertz CT molecular complexity index is 743. The van der Waals surface area contributed by atoms with Crippen molar-refractivity contribution in [3.8, 4) is 0 Å². The van der Waals surface area contributed by atoms with Crippen LogP contribution in [-0.4, -0.2) is 66.3 Å². The molecular weight excluding hydrogens is 374 g/mol. The highest BCUT2D eigenvalue weighted by Crippen LogP contribution is 2.40. The zero-order valence-electron chi connectivity index (χ0n) is 13.7. The van der Waals surface area contributed by atoms with Gasteiger partial charge in [-0.15, -0.1) is 11.8 Å². The SMILES string of the molecule is CCN[C@H]1CN(CCCOC)S(=O)(=O)C2=C1C=C(S(N)(=O)=O)CS2. The second-order valence-electron chi connectivity index (χ2n) is 5.51. The molecule has 0 aliphatic carbocycles.